The van der Waals surface area contributed by atoms with Crippen LogP contribution in [0.15, 0.2) is 48.1 Å². The minimum Gasteiger partial charge on any atom is -0.365 e. The van der Waals surface area contributed by atoms with Crippen LogP contribution < -0.4 is 5.73 Å². The third-order valence-corrected chi connectivity index (χ3v) is 3.57. The number of nitrogens with two attached hydrogens (primary N) is 1. The van der Waals surface area contributed by atoms with E-state index in [2.05, 4.69) is 16.9 Å². The third-order valence-electron chi connectivity index (χ3n) is 2.63. The third kappa shape index (κ3) is 3.27. The molecule has 5 heteroatoms. The van der Waals surface area contributed by atoms with Crippen LogP contribution in [0.2, 0.25) is 0 Å². The molecule has 2 rings (SSSR count). The molecule has 0 aliphatic heterocycles. The van der Waals surface area contributed by atoms with Gasteiger partial charge < -0.3 is 5.73 Å². The number of aromatic nitrogens is 2. The molecule has 0 saturated carbocycles. The zero-order valence-corrected chi connectivity index (χ0v) is 13.0. The zero-order chi connectivity index (χ0) is 14.5. The van der Waals surface area contributed by atoms with Crippen molar-refractivity contribution in [3.8, 4) is 11.8 Å². The van der Waals surface area contributed by atoms with Crippen molar-refractivity contribution in [2.75, 3.05) is 0 Å². The summed E-state index contributed by atoms with van der Waals surface area (Å²) < 4.78 is 1.58. The molecular weight excluding hydrogens is 365 g/mol. The normalized spacial score (nSPS) is 16.4. The fraction of sp³-hybridized carbons (Fsp3) is 0.0667. The summed E-state index contributed by atoms with van der Waals surface area (Å²) in [5, 5.41) is 4.20. The monoisotopic (exact) mass is 377 g/mol. The van der Waals surface area contributed by atoms with Crippen LogP contribution in [0.4, 0.5) is 0 Å². The molecular formula is C15H12IN3O. The molecule has 20 heavy (non-hydrogen) atoms. The maximum Gasteiger partial charge on any atom is 0.253 e. The molecule has 0 bridgehead atoms. The number of hydrogen-bond acceptors (Lipinski definition) is 2. The summed E-state index contributed by atoms with van der Waals surface area (Å²) in [6.45, 7) is 1.78. The van der Waals surface area contributed by atoms with Crippen LogP contribution in [-0.4, -0.2) is 13.9 Å². The van der Waals surface area contributed by atoms with Gasteiger partial charge in [-0.15, -0.1) is 0 Å². The van der Waals surface area contributed by atoms with Gasteiger partial charge >= 0.3 is 0 Å². The minimum atomic E-state index is -0.514. The van der Waals surface area contributed by atoms with Gasteiger partial charge in [-0.3, -0.25) is 4.79 Å². The highest BCUT2D eigenvalue weighted by atomic mass is 127. The predicted octanol–water partition coefficient (Wildman–Crippen LogP) is 2.45. The van der Waals surface area contributed by atoms with Crippen LogP contribution in [0, 0.1) is 18.8 Å². The second kappa shape index (κ2) is 6.39. The van der Waals surface area contributed by atoms with Crippen molar-refractivity contribution in [1.29, 1.82) is 0 Å². The number of carbonyl (C=O) groups is 1. The highest BCUT2D eigenvalue weighted by Gasteiger charge is 2.16. The molecule has 1 aliphatic rings. The average molecular weight is 377 g/mol. The van der Waals surface area contributed by atoms with Gasteiger partial charge in [-0.2, -0.15) is 5.10 Å². The van der Waals surface area contributed by atoms with Gasteiger partial charge in [0, 0.05) is 5.57 Å². The van der Waals surface area contributed by atoms with Crippen molar-refractivity contribution in [3.63, 3.8) is 0 Å². The zero-order valence-electron chi connectivity index (χ0n) is 10.8. The Morgan fingerprint density at radius 2 is 1.95 bits per heavy atom. The number of primary amides is 1. The Balaban J connectivity index is 2.39. The fourth-order valence-electron chi connectivity index (χ4n) is 1.64. The smallest absolute Gasteiger partial charge is 0.253 e. The molecule has 0 radical (unpaired) electrons. The van der Waals surface area contributed by atoms with Crippen molar-refractivity contribution in [2.24, 2.45) is 5.73 Å². The van der Waals surface area contributed by atoms with E-state index in [1.165, 1.54) is 0 Å². The summed E-state index contributed by atoms with van der Waals surface area (Å²) in [6.07, 6.45) is 13.4. The van der Waals surface area contributed by atoms with Crippen molar-refractivity contribution >= 4 is 28.8 Å². The number of rotatable bonds is 1. The topological polar surface area (TPSA) is 60.9 Å². The van der Waals surface area contributed by atoms with Crippen molar-refractivity contribution in [1.82, 2.24) is 7.99 Å². The summed E-state index contributed by atoms with van der Waals surface area (Å²) in [5.41, 5.74) is 7.68. The molecule has 1 amide bonds. The lowest BCUT2D eigenvalue weighted by molar-refractivity contribution is 0.0999. The van der Waals surface area contributed by atoms with E-state index in [0.29, 0.717) is 17.0 Å². The molecule has 1 heterocycles. The predicted molar refractivity (Wildman–Crippen MR) is 87.3 cm³/mol. The number of hydrogen-bond donors (Lipinski definition) is 1. The number of amides is 1. The lowest BCUT2D eigenvalue weighted by Crippen LogP contribution is -2.13. The van der Waals surface area contributed by atoms with E-state index in [0.717, 1.165) is 5.57 Å². The molecule has 0 fully saturated rings. The molecule has 0 spiro atoms. The first-order valence-corrected chi connectivity index (χ1v) is 6.85. The van der Waals surface area contributed by atoms with Gasteiger partial charge in [0.05, 0.1) is 34.1 Å². The highest BCUT2D eigenvalue weighted by Crippen LogP contribution is 2.14. The highest BCUT2D eigenvalue weighted by molar-refractivity contribution is 14.1. The minimum absolute atomic E-state index is 0.373. The summed E-state index contributed by atoms with van der Waals surface area (Å²) >= 11 is 1.99. The molecule has 0 unspecified atom stereocenters. The van der Waals surface area contributed by atoms with Gasteiger partial charge in [0.2, 0.25) is 0 Å². The van der Waals surface area contributed by atoms with E-state index in [-0.39, 0.29) is 0 Å². The van der Waals surface area contributed by atoms with E-state index in [1.54, 1.807) is 9.82 Å². The van der Waals surface area contributed by atoms with Crippen molar-refractivity contribution in [2.45, 2.75) is 6.92 Å². The fourth-order valence-corrected chi connectivity index (χ4v) is 2.10. The largest absolute Gasteiger partial charge is 0.365 e. The Hall–Kier alpha value is -2.07. The van der Waals surface area contributed by atoms with Gasteiger partial charge in [-0.05, 0) is 25.0 Å². The average Bonchev–Trinajstić information content (AvgIpc) is 2.63. The van der Waals surface area contributed by atoms with Crippen molar-refractivity contribution < 1.29 is 4.79 Å². The van der Waals surface area contributed by atoms with Crippen LogP contribution in [0.25, 0.3) is 0 Å². The molecule has 4 nitrogen and oxygen atoms in total. The molecule has 2 N–H and O–H groups in total. The standard InChI is InChI=1S/C15H12IN3O/c1-11-14(15(17)20)13(18-19(11)16)10-9-12-7-5-3-2-4-6-8-12/h2-8H,1H3,(H2,17,20)/b3-2-,4-2?,5-3?,6-4-,7-5?,8-6?,12-7?,12-8?. The van der Waals surface area contributed by atoms with Gasteiger partial charge in [-0.25, -0.2) is 2.90 Å². The maximum absolute atomic E-state index is 11.5. The maximum atomic E-state index is 11.5. The molecule has 1 aromatic heterocycles. The van der Waals surface area contributed by atoms with E-state index in [1.807, 2.05) is 65.4 Å². The number of nitrogens with zero attached hydrogens (tertiary/aromatic N) is 2. The van der Waals surface area contributed by atoms with Crippen LogP contribution in [0.1, 0.15) is 21.7 Å². The van der Waals surface area contributed by atoms with Crippen LogP contribution in [0.3, 0.4) is 0 Å². The SMILES string of the molecule is Cc1c(C(N)=O)c(C#CC2=C/C=C\C=C/C=C2)nn1I. The number of carbonyl (C=O) groups excluding carboxylic acids is 1. The first kappa shape index (κ1) is 14.3. The number of halogens is 1. The van der Waals surface area contributed by atoms with Gasteiger partial charge in [0.25, 0.3) is 5.91 Å². The Morgan fingerprint density at radius 1 is 1.25 bits per heavy atom. The first-order chi connectivity index (χ1) is 9.59. The quantitative estimate of drug-likeness (QED) is 0.604. The van der Waals surface area contributed by atoms with E-state index in [9.17, 15) is 4.79 Å². The summed E-state index contributed by atoms with van der Waals surface area (Å²) in [5.74, 6) is 5.39. The Labute approximate surface area is 131 Å². The summed E-state index contributed by atoms with van der Waals surface area (Å²) in [6, 6.07) is 0. The lowest BCUT2D eigenvalue weighted by Gasteiger charge is -1.93. The van der Waals surface area contributed by atoms with Gasteiger partial charge in [0.1, 0.15) is 5.69 Å². The van der Waals surface area contributed by atoms with Gasteiger partial charge in [-0.1, -0.05) is 36.3 Å². The molecule has 0 aromatic carbocycles. The molecule has 1 aliphatic carbocycles. The molecule has 1 aromatic rings. The molecule has 0 saturated heterocycles. The Morgan fingerprint density at radius 3 is 2.70 bits per heavy atom. The second-order valence-corrected chi connectivity index (χ2v) is 4.95. The van der Waals surface area contributed by atoms with Crippen molar-refractivity contribution in [3.05, 3.63) is 65.1 Å². The Kier molecular flexibility index (Phi) is 4.58. The van der Waals surface area contributed by atoms with Crippen LogP contribution in [0.5, 0.6) is 0 Å². The summed E-state index contributed by atoms with van der Waals surface area (Å²) in [7, 11) is 0. The van der Waals surface area contributed by atoms with E-state index >= 15 is 0 Å². The lowest BCUT2D eigenvalue weighted by atomic mass is 10.1. The summed E-state index contributed by atoms with van der Waals surface area (Å²) in [4.78, 5) is 11.5. The molecule has 100 valence electrons. The van der Waals surface area contributed by atoms with Crippen LogP contribution >= 0.6 is 22.9 Å². The molecule has 0 atom stereocenters. The van der Waals surface area contributed by atoms with Crippen LogP contribution in [-0.2, 0) is 0 Å². The number of allylic oxidation sites excluding steroid dienone is 8. The first-order valence-electron chi connectivity index (χ1n) is 5.89. The van der Waals surface area contributed by atoms with E-state index in [4.69, 9.17) is 5.73 Å². The van der Waals surface area contributed by atoms with Gasteiger partial charge in [0.15, 0.2) is 0 Å². The Bertz CT molecular complexity index is 724. The van der Waals surface area contributed by atoms with E-state index < -0.39 is 5.91 Å². The second-order valence-electron chi connectivity index (χ2n) is 4.03.